The van der Waals surface area contributed by atoms with Crippen LogP contribution in [0.3, 0.4) is 0 Å². The number of hydrazine groups is 1. The Morgan fingerprint density at radius 3 is 2.48 bits per heavy atom. The highest BCUT2D eigenvalue weighted by Gasteiger charge is 2.12. The van der Waals surface area contributed by atoms with Crippen LogP contribution in [-0.4, -0.2) is 11.0 Å². The number of thiocarbonyl (C=S) groups is 1. The molecule has 1 amide bonds. The third-order valence-electron chi connectivity index (χ3n) is 2.85. The number of carbonyl (C=O) groups excluding carboxylic acids is 1. The second-order valence-corrected chi connectivity index (χ2v) is 5.68. The van der Waals surface area contributed by atoms with Crippen molar-refractivity contribution in [2.75, 3.05) is 0 Å². The molecule has 8 heteroatoms. The van der Waals surface area contributed by atoms with Gasteiger partial charge < -0.3 is 5.32 Å². The van der Waals surface area contributed by atoms with Gasteiger partial charge >= 0.3 is 0 Å². The number of halogens is 3. The lowest BCUT2D eigenvalue weighted by Crippen LogP contribution is -2.46. The minimum Gasteiger partial charge on any atom is -0.357 e. The van der Waals surface area contributed by atoms with Crippen molar-refractivity contribution in [1.29, 1.82) is 0 Å². The molecule has 23 heavy (non-hydrogen) atoms. The van der Waals surface area contributed by atoms with Gasteiger partial charge in [-0.15, -0.1) is 0 Å². The maximum atomic E-state index is 12.8. The van der Waals surface area contributed by atoms with Gasteiger partial charge in [-0.1, -0.05) is 41.4 Å². The van der Waals surface area contributed by atoms with Crippen molar-refractivity contribution in [3.05, 3.63) is 69.5 Å². The lowest BCUT2D eigenvalue weighted by atomic mass is 10.2. The van der Waals surface area contributed by atoms with Crippen LogP contribution in [0.4, 0.5) is 4.39 Å². The summed E-state index contributed by atoms with van der Waals surface area (Å²) in [5.74, 6) is -0.774. The molecular formula is C15H12Cl2FN3OS. The second kappa shape index (κ2) is 8.10. The smallest absolute Gasteiger partial charge is 0.271 e. The van der Waals surface area contributed by atoms with Gasteiger partial charge in [0.25, 0.3) is 5.91 Å². The molecule has 0 aliphatic rings. The van der Waals surface area contributed by atoms with Crippen molar-refractivity contribution >= 4 is 46.4 Å². The highest BCUT2D eigenvalue weighted by Crippen LogP contribution is 2.25. The van der Waals surface area contributed by atoms with Gasteiger partial charge in [0.2, 0.25) is 0 Å². The highest BCUT2D eigenvalue weighted by molar-refractivity contribution is 7.80. The molecular weight excluding hydrogens is 360 g/mol. The molecule has 3 N–H and O–H groups in total. The molecule has 2 aromatic rings. The van der Waals surface area contributed by atoms with E-state index in [-0.39, 0.29) is 26.5 Å². The van der Waals surface area contributed by atoms with E-state index in [0.29, 0.717) is 6.54 Å². The zero-order valence-corrected chi connectivity index (χ0v) is 14.0. The molecule has 0 heterocycles. The fourth-order valence-corrected chi connectivity index (χ4v) is 2.20. The molecule has 0 spiro atoms. The Bertz CT molecular complexity index is 725. The standard InChI is InChI=1S/C15H12Cl2FN3OS/c16-12-3-1-2-11(13(12)17)14(22)20-21-15(23)19-8-9-4-6-10(18)7-5-9/h1-7H,8H2,(H,20,22)(H2,19,21,23). The normalized spacial score (nSPS) is 10.0. The van der Waals surface area contributed by atoms with E-state index < -0.39 is 5.91 Å². The number of carbonyl (C=O) groups is 1. The van der Waals surface area contributed by atoms with Crippen LogP contribution < -0.4 is 16.2 Å². The van der Waals surface area contributed by atoms with E-state index >= 15 is 0 Å². The predicted octanol–water partition coefficient (Wildman–Crippen LogP) is 3.44. The summed E-state index contributed by atoms with van der Waals surface area (Å²) in [7, 11) is 0. The van der Waals surface area contributed by atoms with E-state index in [1.54, 1.807) is 30.3 Å². The molecule has 0 aliphatic heterocycles. The summed E-state index contributed by atoms with van der Waals surface area (Å²) in [4.78, 5) is 12.0. The quantitative estimate of drug-likeness (QED) is 0.571. The van der Waals surface area contributed by atoms with Crippen LogP contribution in [0.5, 0.6) is 0 Å². The van der Waals surface area contributed by atoms with E-state index in [1.807, 2.05) is 0 Å². The molecule has 0 aromatic heterocycles. The summed E-state index contributed by atoms with van der Waals surface area (Å²) in [6.07, 6.45) is 0. The van der Waals surface area contributed by atoms with Crippen LogP contribution in [0.25, 0.3) is 0 Å². The zero-order chi connectivity index (χ0) is 16.8. The molecule has 0 unspecified atom stereocenters. The van der Waals surface area contributed by atoms with Crippen LogP contribution in [0, 0.1) is 5.82 Å². The minimum atomic E-state index is -0.469. The Balaban J connectivity index is 1.83. The molecule has 0 fully saturated rings. The van der Waals surface area contributed by atoms with Gasteiger partial charge in [0, 0.05) is 6.54 Å². The third kappa shape index (κ3) is 5.06. The van der Waals surface area contributed by atoms with Crippen LogP contribution in [-0.2, 0) is 6.54 Å². The molecule has 0 atom stereocenters. The maximum Gasteiger partial charge on any atom is 0.271 e. The van der Waals surface area contributed by atoms with Gasteiger partial charge in [-0.2, -0.15) is 0 Å². The Labute approximate surface area is 147 Å². The van der Waals surface area contributed by atoms with Crippen molar-refractivity contribution < 1.29 is 9.18 Å². The Morgan fingerprint density at radius 1 is 1.09 bits per heavy atom. The summed E-state index contributed by atoms with van der Waals surface area (Å²) in [6, 6.07) is 10.7. The van der Waals surface area contributed by atoms with Crippen LogP contribution in [0.15, 0.2) is 42.5 Å². The molecule has 0 bridgehead atoms. The van der Waals surface area contributed by atoms with Crippen molar-refractivity contribution in [2.24, 2.45) is 0 Å². The van der Waals surface area contributed by atoms with E-state index in [9.17, 15) is 9.18 Å². The average molecular weight is 372 g/mol. The third-order valence-corrected chi connectivity index (χ3v) is 3.92. The summed E-state index contributed by atoms with van der Waals surface area (Å²) in [6.45, 7) is 0.389. The highest BCUT2D eigenvalue weighted by atomic mass is 35.5. The van der Waals surface area contributed by atoms with Crippen molar-refractivity contribution in [3.8, 4) is 0 Å². The number of nitrogens with one attached hydrogen (secondary N) is 3. The van der Waals surface area contributed by atoms with E-state index in [4.69, 9.17) is 35.4 Å². The van der Waals surface area contributed by atoms with Crippen molar-refractivity contribution in [3.63, 3.8) is 0 Å². The molecule has 2 rings (SSSR count). The van der Waals surface area contributed by atoms with E-state index in [2.05, 4.69) is 16.2 Å². The van der Waals surface area contributed by atoms with Crippen LogP contribution >= 0.6 is 35.4 Å². The number of benzene rings is 2. The maximum absolute atomic E-state index is 12.8. The first-order chi connectivity index (χ1) is 11.0. The minimum absolute atomic E-state index is 0.165. The summed E-state index contributed by atoms with van der Waals surface area (Å²) in [5.41, 5.74) is 6.05. The Morgan fingerprint density at radius 2 is 1.78 bits per heavy atom. The van der Waals surface area contributed by atoms with Gasteiger partial charge in [0.15, 0.2) is 5.11 Å². The first-order valence-corrected chi connectivity index (χ1v) is 7.66. The molecule has 0 radical (unpaired) electrons. The molecule has 0 saturated carbocycles. The van der Waals surface area contributed by atoms with Gasteiger partial charge in [0.05, 0.1) is 15.6 Å². The van der Waals surface area contributed by atoms with Crippen LogP contribution in [0.1, 0.15) is 15.9 Å². The second-order valence-electron chi connectivity index (χ2n) is 4.49. The molecule has 4 nitrogen and oxygen atoms in total. The monoisotopic (exact) mass is 371 g/mol. The topological polar surface area (TPSA) is 53.2 Å². The molecule has 2 aromatic carbocycles. The number of amides is 1. The van der Waals surface area contributed by atoms with Gasteiger partial charge in [-0.05, 0) is 42.0 Å². The van der Waals surface area contributed by atoms with Crippen LogP contribution in [0.2, 0.25) is 10.0 Å². The summed E-state index contributed by atoms with van der Waals surface area (Å²) in [5, 5.41) is 3.54. The summed E-state index contributed by atoms with van der Waals surface area (Å²) < 4.78 is 12.8. The molecule has 120 valence electrons. The zero-order valence-electron chi connectivity index (χ0n) is 11.7. The lowest BCUT2D eigenvalue weighted by Gasteiger charge is -2.12. The number of rotatable bonds is 3. The van der Waals surface area contributed by atoms with Gasteiger partial charge in [0.1, 0.15) is 5.82 Å². The van der Waals surface area contributed by atoms with E-state index in [1.165, 1.54) is 12.1 Å². The largest absolute Gasteiger partial charge is 0.357 e. The molecule has 0 saturated heterocycles. The summed E-state index contributed by atoms with van der Waals surface area (Å²) >= 11 is 16.8. The average Bonchev–Trinajstić information content (AvgIpc) is 2.54. The lowest BCUT2D eigenvalue weighted by molar-refractivity contribution is 0.0944. The van der Waals surface area contributed by atoms with Crippen molar-refractivity contribution in [2.45, 2.75) is 6.54 Å². The number of hydrogen-bond donors (Lipinski definition) is 3. The molecule has 0 aliphatic carbocycles. The Hall–Kier alpha value is -1.89. The fraction of sp³-hybridized carbons (Fsp3) is 0.0667. The fourth-order valence-electron chi connectivity index (χ4n) is 1.69. The van der Waals surface area contributed by atoms with Gasteiger partial charge in [-0.25, -0.2) is 4.39 Å². The van der Waals surface area contributed by atoms with Crippen molar-refractivity contribution in [1.82, 2.24) is 16.2 Å². The SMILES string of the molecule is O=C(NNC(=S)NCc1ccc(F)cc1)c1cccc(Cl)c1Cl. The Kier molecular flexibility index (Phi) is 6.15. The first kappa shape index (κ1) is 17.5. The van der Waals surface area contributed by atoms with E-state index in [0.717, 1.165) is 5.56 Å². The number of hydrogen-bond acceptors (Lipinski definition) is 2. The first-order valence-electron chi connectivity index (χ1n) is 6.50. The predicted molar refractivity (Wildman–Crippen MR) is 92.9 cm³/mol. The van der Waals surface area contributed by atoms with Gasteiger partial charge in [-0.3, -0.25) is 15.6 Å².